The van der Waals surface area contributed by atoms with Crippen molar-refractivity contribution in [1.82, 2.24) is 19.4 Å². The van der Waals surface area contributed by atoms with Crippen molar-refractivity contribution in [3.8, 4) is 23.0 Å². The van der Waals surface area contributed by atoms with E-state index in [0.29, 0.717) is 29.9 Å². The number of sulfone groups is 1. The Balaban J connectivity index is 1.62. The number of benzene rings is 3. The summed E-state index contributed by atoms with van der Waals surface area (Å²) in [5.41, 5.74) is 2.22. The Bertz CT molecular complexity index is 1800. The average Bonchev–Trinajstić information content (AvgIpc) is 3.40. The van der Waals surface area contributed by atoms with Crippen LogP contribution in [0.15, 0.2) is 89.8 Å². The Morgan fingerprint density at radius 1 is 0.935 bits per heavy atom. The minimum absolute atomic E-state index is 0.134. The maximum absolute atomic E-state index is 14.7. The molecular weight excluding hydrogens is 604 g/mol. The van der Waals surface area contributed by atoms with Crippen molar-refractivity contribution in [2.45, 2.75) is 50.7 Å². The molecule has 0 N–H and O–H groups in total. The van der Waals surface area contributed by atoms with Crippen LogP contribution < -0.4 is 4.74 Å². The van der Waals surface area contributed by atoms with E-state index in [4.69, 9.17) is 14.5 Å². The van der Waals surface area contributed by atoms with Gasteiger partial charge in [-0.05, 0) is 57.9 Å². The Hall–Kier alpha value is -4.64. The Kier molecular flexibility index (Phi) is 9.52. The Labute approximate surface area is 270 Å². The highest BCUT2D eigenvalue weighted by Crippen LogP contribution is 2.35. The van der Waals surface area contributed by atoms with Gasteiger partial charge in [-0.1, -0.05) is 66.7 Å². The third-order valence-corrected chi connectivity index (χ3v) is 8.69. The molecule has 0 bridgehead atoms. The molecule has 1 fully saturated rings. The third kappa shape index (κ3) is 7.42. The molecule has 0 saturated carbocycles. The Morgan fingerprint density at radius 3 is 2.24 bits per heavy atom. The summed E-state index contributed by atoms with van der Waals surface area (Å²) in [5, 5.41) is 0. The van der Waals surface area contributed by atoms with Crippen LogP contribution in [0.2, 0.25) is 0 Å². The van der Waals surface area contributed by atoms with Crippen LogP contribution >= 0.6 is 0 Å². The summed E-state index contributed by atoms with van der Waals surface area (Å²) in [5.74, 6) is -0.317. The second kappa shape index (κ2) is 13.4. The number of carbonyl (C=O) groups excluding carboxylic acids is 2. The van der Waals surface area contributed by atoms with Gasteiger partial charge >= 0.3 is 12.1 Å². The topological polar surface area (TPSA) is 111 Å². The zero-order chi connectivity index (χ0) is 33.1. The Morgan fingerprint density at radius 2 is 1.61 bits per heavy atom. The van der Waals surface area contributed by atoms with Crippen LogP contribution in [0.1, 0.15) is 43.7 Å². The summed E-state index contributed by atoms with van der Waals surface area (Å²) in [6.45, 7) is 8.43. The molecule has 1 aliphatic rings. The van der Waals surface area contributed by atoms with Gasteiger partial charge in [-0.3, -0.25) is 9.36 Å². The van der Waals surface area contributed by atoms with Crippen LogP contribution in [0.5, 0.6) is 6.01 Å². The number of piperazine rings is 1. The smallest absolute Gasteiger partial charge is 0.410 e. The van der Waals surface area contributed by atoms with E-state index in [0.717, 1.165) is 11.8 Å². The summed E-state index contributed by atoms with van der Waals surface area (Å²) < 4.78 is 38.3. The number of imidazole rings is 1. The molecule has 242 valence electrons. The molecule has 4 aromatic rings. The number of rotatable bonds is 8. The number of ether oxygens (including phenoxy) is 2. The molecule has 1 atom stereocenters. The molecule has 0 spiro atoms. The summed E-state index contributed by atoms with van der Waals surface area (Å²) in [6, 6.07) is 25.5. The fourth-order valence-electron chi connectivity index (χ4n) is 5.54. The lowest BCUT2D eigenvalue weighted by Crippen LogP contribution is -2.58. The highest BCUT2D eigenvalue weighted by atomic mass is 32.2. The lowest BCUT2D eigenvalue weighted by molar-refractivity contribution is 0.00428. The van der Waals surface area contributed by atoms with Crippen molar-refractivity contribution < 1.29 is 27.5 Å². The predicted molar refractivity (Wildman–Crippen MR) is 176 cm³/mol. The van der Waals surface area contributed by atoms with E-state index < -0.39 is 21.5 Å². The van der Waals surface area contributed by atoms with E-state index in [2.05, 4.69) is 0 Å². The zero-order valence-corrected chi connectivity index (χ0v) is 27.7. The highest BCUT2D eigenvalue weighted by molar-refractivity contribution is 7.90. The molecule has 10 nitrogen and oxygen atoms in total. The minimum atomic E-state index is -3.52. The zero-order valence-electron chi connectivity index (χ0n) is 26.8. The van der Waals surface area contributed by atoms with Gasteiger partial charge in [0.2, 0.25) is 0 Å². The quantitative estimate of drug-likeness (QED) is 0.244. The van der Waals surface area contributed by atoms with Crippen LogP contribution in [0.4, 0.5) is 4.79 Å². The normalized spacial score (nSPS) is 15.5. The van der Waals surface area contributed by atoms with Crippen molar-refractivity contribution in [2.75, 3.05) is 32.5 Å². The van der Waals surface area contributed by atoms with Crippen molar-refractivity contribution in [3.63, 3.8) is 0 Å². The van der Waals surface area contributed by atoms with E-state index >= 15 is 0 Å². The monoisotopic (exact) mass is 644 g/mol. The maximum atomic E-state index is 14.7. The molecule has 3 aromatic carbocycles. The molecule has 0 radical (unpaired) electrons. The van der Waals surface area contributed by atoms with Gasteiger partial charge in [0.25, 0.3) is 5.91 Å². The molecule has 5 rings (SSSR count). The van der Waals surface area contributed by atoms with Crippen LogP contribution in [0.3, 0.4) is 0 Å². The van der Waals surface area contributed by atoms with Crippen LogP contribution in [0.25, 0.3) is 16.9 Å². The van der Waals surface area contributed by atoms with Gasteiger partial charge in [-0.15, -0.1) is 0 Å². The van der Waals surface area contributed by atoms with Crippen LogP contribution in [0, 0.1) is 0 Å². The molecule has 0 unspecified atom stereocenters. The molecule has 2 amide bonds. The fraction of sp³-hybridized carbons (Fsp3) is 0.343. The lowest BCUT2D eigenvalue weighted by Gasteiger charge is -2.41. The molecule has 1 aromatic heterocycles. The molecule has 2 heterocycles. The molecule has 46 heavy (non-hydrogen) atoms. The third-order valence-electron chi connectivity index (χ3n) is 7.58. The van der Waals surface area contributed by atoms with Gasteiger partial charge in [-0.2, -0.15) is 4.98 Å². The number of aromatic nitrogens is 2. The van der Waals surface area contributed by atoms with E-state index in [1.807, 2.05) is 88.4 Å². The summed E-state index contributed by atoms with van der Waals surface area (Å²) in [4.78, 5) is 36.1. The average molecular weight is 645 g/mol. The van der Waals surface area contributed by atoms with Gasteiger partial charge in [0.1, 0.15) is 5.60 Å². The second-order valence-electron chi connectivity index (χ2n) is 12.3. The highest BCUT2D eigenvalue weighted by Gasteiger charge is 2.38. The predicted octanol–water partition coefficient (Wildman–Crippen LogP) is 5.65. The molecule has 11 heteroatoms. The number of carbonyl (C=O) groups is 2. The summed E-state index contributed by atoms with van der Waals surface area (Å²) in [7, 11) is -3.52. The first-order chi connectivity index (χ1) is 21.9. The minimum Gasteiger partial charge on any atom is -0.465 e. The van der Waals surface area contributed by atoms with Crippen molar-refractivity contribution in [1.29, 1.82) is 0 Å². The van der Waals surface area contributed by atoms with E-state index in [9.17, 15) is 18.0 Å². The van der Waals surface area contributed by atoms with Gasteiger partial charge in [0, 0.05) is 31.5 Å². The summed E-state index contributed by atoms with van der Waals surface area (Å²) >= 11 is 0. The van der Waals surface area contributed by atoms with Gasteiger partial charge in [0.05, 0.1) is 28.9 Å². The maximum Gasteiger partial charge on any atom is 0.410 e. The van der Waals surface area contributed by atoms with Crippen molar-refractivity contribution in [2.24, 2.45) is 0 Å². The van der Waals surface area contributed by atoms with Crippen molar-refractivity contribution >= 4 is 21.8 Å². The standard InChI is InChI=1S/C35H40N4O6S/c1-6-44-33-36-30(31(26-16-11-8-12-17-26)39(33)27-18-13-19-29(23-27)46(5,42)43)32(40)38-21-20-37(34(41)45-35(2,3)4)24-28(38)22-25-14-9-7-10-15-25/h7-19,23,28H,6,20-22,24H2,1-5H3/t28-/m1/s1. The molecule has 0 aliphatic carbocycles. The largest absolute Gasteiger partial charge is 0.465 e. The number of amides is 2. The first kappa shape index (κ1) is 32.7. The van der Waals surface area contributed by atoms with E-state index in [1.165, 1.54) is 6.07 Å². The first-order valence-corrected chi connectivity index (χ1v) is 17.2. The summed E-state index contributed by atoms with van der Waals surface area (Å²) in [6.07, 6.45) is 1.25. The van der Waals surface area contributed by atoms with E-state index in [-0.39, 0.29) is 48.2 Å². The SMILES string of the molecule is CCOc1nc(C(=O)N2CCN(C(=O)OC(C)(C)C)C[C@H]2Cc2ccccc2)c(-c2ccccc2)n1-c1cccc(S(C)(=O)=O)c1. The molecular formula is C35H40N4O6S. The number of nitrogens with zero attached hydrogens (tertiary/aromatic N) is 4. The van der Waals surface area contributed by atoms with Crippen LogP contribution in [-0.4, -0.2) is 83.9 Å². The first-order valence-electron chi connectivity index (χ1n) is 15.3. The molecule has 1 saturated heterocycles. The van der Waals surface area contributed by atoms with Gasteiger partial charge in [0.15, 0.2) is 15.5 Å². The second-order valence-corrected chi connectivity index (χ2v) is 14.3. The number of hydrogen-bond acceptors (Lipinski definition) is 7. The van der Waals surface area contributed by atoms with Crippen molar-refractivity contribution in [3.05, 3.63) is 96.2 Å². The van der Waals surface area contributed by atoms with Gasteiger partial charge < -0.3 is 19.3 Å². The van der Waals surface area contributed by atoms with Crippen LogP contribution in [-0.2, 0) is 21.0 Å². The number of hydrogen-bond donors (Lipinski definition) is 0. The van der Waals surface area contributed by atoms with E-state index in [1.54, 1.807) is 32.6 Å². The lowest BCUT2D eigenvalue weighted by atomic mass is 10.0. The van der Waals surface area contributed by atoms with Gasteiger partial charge in [-0.25, -0.2) is 13.2 Å². The molecule has 1 aliphatic heterocycles. The fourth-order valence-corrected chi connectivity index (χ4v) is 6.20.